The molecule has 0 spiro atoms. The van der Waals surface area contributed by atoms with Crippen LogP contribution in [0, 0.1) is 0 Å². The maximum absolute atomic E-state index is 4.00. The molecule has 2 heteroatoms. The molecule has 2 unspecified atom stereocenters. The zero-order chi connectivity index (χ0) is 9.90. The van der Waals surface area contributed by atoms with Crippen LogP contribution in [0.25, 0.3) is 0 Å². The highest BCUT2D eigenvalue weighted by Gasteiger charge is 2.32. The van der Waals surface area contributed by atoms with Crippen LogP contribution in [-0.4, -0.2) is 21.2 Å². The monoisotopic (exact) mass is 197 g/mol. The Hall–Kier alpha value is -0.0831. The molecule has 0 aromatic rings. The van der Waals surface area contributed by atoms with Gasteiger partial charge in [0.2, 0.25) is 0 Å². The third-order valence-corrected chi connectivity index (χ3v) is 7.34. The van der Waals surface area contributed by atoms with Crippen LogP contribution >= 0.6 is 0 Å². The molecule has 1 aliphatic carbocycles. The minimum absolute atomic E-state index is 0.769. The topological polar surface area (TPSA) is 12.0 Å². The van der Waals surface area contributed by atoms with Gasteiger partial charge >= 0.3 is 0 Å². The van der Waals surface area contributed by atoms with Gasteiger partial charge in [-0.3, -0.25) is 0 Å². The van der Waals surface area contributed by atoms with Crippen molar-refractivity contribution >= 4 is 8.07 Å². The van der Waals surface area contributed by atoms with E-state index < -0.39 is 8.07 Å². The Balaban J connectivity index is 2.55. The molecule has 1 nitrogen and oxygen atoms in total. The van der Waals surface area contributed by atoms with Crippen molar-refractivity contribution in [1.29, 1.82) is 0 Å². The summed E-state index contributed by atoms with van der Waals surface area (Å²) in [5, 5.41) is 3.42. The largest absolute Gasteiger partial charge is 0.317 e. The number of hydrogen-bond donors (Lipinski definition) is 1. The van der Waals surface area contributed by atoms with Gasteiger partial charge in [0, 0.05) is 6.04 Å². The molecular formula is C11H23NSi. The second-order valence-corrected chi connectivity index (χ2v) is 9.74. The molecule has 1 saturated carbocycles. The maximum Gasteiger partial charge on any atom is 0.0740 e. The van der Waals surface area contributed by atoms with Gasteiger partial charge in [0.15, 0.2) is 0 Å². The highest BCUT2D eigenvalue weighted by Crippen LogP contribution is 2.37. The summed E-state index contributed by atoms with van der Waals surface area (Å²) in [5.74, 6) is 0. The predicted octanol–water partition coefficient (Wildman–Crippen LogP) is 2.95. The van der Waals surface area contributed by atoms with E-state index in [2.05, 4.69) is 37.7 Å². The predicted molar refractivity (Wildman–Crippen MR) is 62.7 cm³/mol. The number of nitrogens with one attached hydrogen (secondary N) is 1. The smallest absolute Gasteiger partial charge is 0.0740 e. The lowest BCUT2D eigenvalue weighted by molar-refractivity contribution is 0.388. The maximum atomic E-state index is 4.00. The molecule has 0 aromatic heterocycles. The van der Waals surface area contributed by atoms with Crippen molar-refractivity contribution in [3.63, 3.8) is 0 Å². The molecule has 0 radical (unpaired) electrons. The zero-order valence-electron chi connectivity index (χ0n) is 9.27. The summed E-state index contributed by atoms with van der Waals surface area (Å²) < 4.78 is 0. The van der Waals surface area contributed by atoms with Crippen LogP contribution in [-0.2, 0) is 0 Å². The van der Waals surface area contributed by atoms with E-state index in [9.17, 15) is 0 Å². The summed E-state index contributed by atoms with van der Waals surface area (Å²) in [6, 6.07) is 0.769. The van der Waals surface area contributed by atoms with Crippen LogP contribution in [0.1, 0.15) is 25.7 Å². The van der Waals surface area contributed by atoms with Crippen molar-refractivity contribution in [3.8, 4) is 0 Å². The van der Waals surface area contributed by atoms with Gasteiger partial charge in [0.1, 0.15) is 0 Å². The Kier molecular flexibility index (Phi) is 3.74. The van der Waals surface area contributed by atoms with Crippen LogP contribution in [0.2, 0.25) is 18.6 Å². The van der Waals surface area contributed by atoms with Crippen LogP contribution in [0.4, 0.5) is 0 Å². The Morgan fingerprint density at radius 2 is 2.08 bits per heavy atom. The summed E-state index contributed by atoms with van der Waals surface area (Å²) in [6.07, 6.45) is 5.58. The second kappa shape index (κ2) is 4.42. The van der Waals surface area contributed by atoms with Crippen molar-refractivity contribution < 1.29 is 0 Å². The number of rotatable bonds is 3. The average Bonchev–Trinajstić information content (AvgIpc) is 2.18. The van der Waals surface area contributed by atoms with Gasteiger partial charge in [-0.05, 0) is 25.4 Å². The Bertz CT molecular complexity index is 177. The van der Waals surface area contributed by atoms with Crippen LogP contribution in [0.15, 0.2) is 12.3 Å². The van der Waals surface area contributed by atoms with Crippen LogP contribution in [0.3, 0.4) is 0 Å². The van der Waals surface area contributed by atoms with Gasteiger partial charge in [0.25, 0.3) is 0 Å². The highest BCUT2D eigenvalue weighted by atomic mass is 28.3. The second-order valence-electron chi connectivity index (χ2n) is 4.87. The minimum Gasteiger partial charge on any atom is -0.317 e. The molecule has 0 aromatic carbocycles. The lowest BCUT2D eigenvalue weighted by atomic mass is 9.95. The standard InChI is InChI=1S/C11H23NSi/c1-5-13(3,4)11-8-6-7-10(9-11)12-2/h5,10-12H,1,6-9H2,2-4H3. The summed E-state index contributed by atoms with van der Waals surface area (Å²) in [6.45, 7) is 8.89. The van der Waals surface area contributed by atoms with Gasteiger partial charge in [0.05, 0.1) is 8.07 Å². The third kappa shape index (κ3) is 2.68. The normalized spacial score (nSPS) is 30.1. The zero-order valence-corrected chi connectivity index (χ0v) is 10.3. The van der Waals surface area contributed by atoms with E-state index in [1.807, 2.05) is 0 Å². The molecule has 2 atom stereocenters. The first-order valence-corrected chi connectivity index (χ1v) is 8.56. The molecule has 76 valence electrons. The summed E-state index contributed by atoms with van der Waals surface area (Å²) in [5.41, 5.74) is 3.21. The molecule has 0 saturated heterocycles. The highest BCUT2D eigenvalue weighted by molar-refractivity contribution is 6.83. The molecule has 0 amide bonds. The van der Waals surface area contributed by atoms with Crippen molar-refractivity contribution in [2.24, 2.45) is 0 Å². The van der Waals surface area contributed by atoms with Gasteiger partial charge in [-0.2, -0.15) is 0 Å². The van der Waals surface area contributed by atoms with Crippen molar-refractivity contribution in [1.82, 2.24) is 5.32 Å². The lowest BCUT2D eigenvalue weighted by Gasteiger charge is -2.36. The molecule has 0 heterocycles. The quantitative estimate of drug-likeness (QED) is 0.686. The van der Waals surface area contributed by atoms with Gasteiger partial charge in [-0.1, -0.05) is 25.9 Å². The van der Waals surface area contributed by atoms with Crippen molar-refractivity contribution in [2.45, 2.75) is 50.4 Å². The first-order valence-electron chi connectivity index (χ1n) is 5.41. The Labute approximate surface area is 83.6 Å². The molecule has 0 bridgehead atoms. The number of hydrogen-bond acceptors (Lipinski definition) is 1. The fraction of sp³-hybridized carbons (Fsp3) is 0.818. The van der Waals surface area contributed by atoms with Gasteiger partial charge in [-0.25, -0.2) is 0 Å². The molecule has 13 heavy (non-hydrogen) atoms. The molecular weight excluding hydrogens is 174 g/mol. The Morgan fingerprint density at radius 3 is 2.62 bits per heavy atom. The molecule has 1 N–H and O–H groups in total. The fourth-order valence-electron chi connectivity index (χ4n) is 2.29. The van der Waals surface area contributed by atoms with Gasteiger partial charge in [-0.15, -0.1) is 12.3 Å². The first kappa shape index (κ1) is 11.0. The lowest BCUT2D eigenvalue weighted by Crippen LogP contribution is -2.39. The summed E-state index contributed by atoms with van der Waals surface area (Å²) >= 11 is 0. The van der Waals surface area contributed by atoms with E-state index in [0.29, 0.717) is 0 Å². The molecule has 1 aliphatic rings. The Morgan fingerprint density at radius 1 is 1.38 bits per heavy atom. The van der Waals surface area contributed by atoms with Crippen molar-refractivity contribution in [3.05, 3.63) is 12.3 Å². The van der Waals surface area contributed by atoms with E-state index in [1.54, 1.807) is 0 Å². The molecule has 0 aliphatic heterocycles. The van der Waals surface area contributed by atoms with Crippen molar-refractivity contribution in [2.75, 3.05) is 7.05 Å². The third-order valence-electron chi connectivity index (χ3n) is 3.66. The van der Waals surface area contributed by atoms with E-state index in [4.69, 9.17) is 0 Å². The average molecular weight is 197 g/mol. The minimum atomic E-state index is -1.11. The first-order chi connectivity index (χ1) is 6.10. The molecule has 1 fully saturated rings. The van der Waals surface area contributed by atoms with Gasteiger partial charge < -0.3 is 5.32 Å². The SMILES string of the molecule is C=C[Si](C)(C)C1CCCC(NC)C1. The van der Waals surface area contributed by atoms with Crippen LogP contribution < -0.4 is 5.32 Å². The molecule has 1 rings (SSSR count). The summed E-state index contributed by atoms with van der Waals surface area (Å²) in [4.78, 5) is 0. The van der Waals surface area contributed by atoms with Crippen LogP contribution in [0.5, 0.6) is 0 Å². The van der Waals surface area contributed by atoms with E-state index in [0.717, 1.165) is 11.6 Å². The van der Waals surface area contributed by atoms with E-state index in [-0.39, 0.29) is 0 Å². The fourth-order valence-corrected chi connectivity index (χ4v) is 4.47. The van der Waals surface area contributed by atoms with E-state index in [1.165, 1.54) is 25.7 Å². The summed E-state index contributed by atoms with van der Waals surface area (Å²) in [7, 11) is 0.982. The van der Waals surface area contributed by atoms with E-state index >= 15 is 0 Å².